The molecular formula is C29H28N8O2S. The van der Waals surface area contributed by atoms with Crippen molar-refractivity contribution in [3.05, 3.63) is 76.6 Å². The second kappa shape index (κ2) is 10.4. The Morgan fingerprint density at radius 3 is 2.83 bits per heavy atom. The van der Waals surface area contributed by atoms with Gasteiger partial charge in [0.1, 0.15) is 11.2 Å². The Hall–Kier alpha value is -4.19. The summed E-state index contributed by atoms with van der Waals surface area (Å²) in [5, 5.41) is 11.8. The van der Waals surface area contributed by atoms with Crippen LogP contribution in [0.4, 0.5) is 11.1 Å². The molecule has 0 spiro atoms. The van der Waals surface area contributed by atoms with E-state index in [1.165, 1.54) is 17.7 Å². The third-order valence-electron chi connectivity index (χ3n) is 7.52. The predicted molar refractivity (Wildman–Crippen MR) is 156 cm³/mol. The van der Waals surface area contributed by atoms with Gasteiger partial charge >= 0.3 is 0 Å². The smallest absolute Gasteiger partial charge is 0.276 e. The molecule has 1 fully saturated rings. The van der Waals surface area contributed by atoms with E-state index in [4.69, 9.17) is 4.98 Å². The van der Waals surface area contributed by atoms with Gasteiger partial charge in [0.15, 0.2) is 5.13 Å². The SMILES string of the molecule is O=C(Nc1nc2c(C(=O)Nc3nc4c(s3)CN(CC3CCCN3)CC4)cccc2[nH]1)c1cc2ccccc2cn1. The highest BCUT2D eigenvalue weighted by molar-refractivity contribution is 7.15. The highest BCUT2D eigenvalue weighted by Crippen LogP contribution is 2.30. The minimum atomic E-state index is -0.387. The number of H-pyrrole nitrogens is 1. The highest BCUT2D eigenvalue weighted by atomic mass is 32.1. The maximum atomic E-state index is 13.3. The summed E-state index contributed by atoms with van der Waals surface area (Å²) in [6.07, 6.45) is 5.04. The summed E-state index contributed by atoms with van der Waals surface area (Å²) in [6.45, 7) is 4.01. The maximum absolute atomic E-state index is 13.3. The molecule has 5 heterocycles. The molecule has 11 heteroatoms. The van der Waals surface area contributed by atoms with Crippen molar-refractivity contribution in [1.82, 2.24) is 30.2 Å². The van der Waals surface area contributed by atoms with Crippen LogP contribution in [0, 0.1) is 0 Å². The van der Waals surface area contributed by atoms with Gasteiger partial charge in [0, 0.05) is 48.6 Å². The number of imidazole rings is 1. The first-order valence-corrected chi connectivity index (χ1v) is 14.3. The van der Waals surface area contributed by atoms with E-state index in [-0.39, 0.29) is 23.5 Å². The lowest BCUT2D eigenvalue weighted by molar-refractivity contribution is 0.101. The first-order valence-electron chi connectivity index (χ1n) is 13.5. The fraction of sp³-hybridized carbons (Fsp3) is 0.276. The number of hydrogen-bond donors (Lipinski definition) is 4. The summed E-state index contributed by atoms with van der Waals surface area (Å²) < 4.78 is 0. The molecule has 2 amide bonds. The summed E-state index contributed by atoms with van der Waals surface area (Å²) >= 11 is 1.54. The molecule has 2 aliphatic heterocycles. The van der Waals surface area contributed by atoms with E-state index >= 15 is 0 Å². The van der Waals surface area contributed by atoms with Gasteiger partial charge in [-0.3, -0.25) is 30.1 Å². The third-order valence-corrected chi connectivity index (χ3v) is 8.52. The van der Waals surface area contributed by atoms with Crippen molar-refractivity contribution in [3.8, 4) is 0 Å². The summed E-state index contributed by atoms with van der Waals surface area (Å²) in [7, 11) is 0. The molecule has 3 aromatic heterocycles. The number of fused-ring (bicyclic) bond motifs is 3. The molecule has 0 aliphatic carbocycles. The van der Waals surface area contributed by atoms with Crippen molar-refractivity contribution in [2.24, 2.45) is 0 Å². The minimum Gasteiger partial charge on any atom is -0.324 e. The second-order valence-electron chi connectivity index (χ2n) is 10.3. The van der Waals surface area contributed by atoms with E-state index in [2.05, 4.69) is 35.8 Å². The van der Waals surface area contributed by atoms with Crippen molar-refractivity contribution in [1.29, 1.82) is 0 Å². The van der Waals surface area contributed by atoms with Crippen LogP contribution in [0.25, 0.3) is 21.8 Å². The summed E-state index contributed by atoms with van der Waals surface area (Å²) in [4.78, 5) is 46.5. The molecule has 2 aliphatic rings. The van der Waals surface area contributed by atoms with Crippen LogP contribution < -0.4 is 16.0 Å². The molecule has 40 heavy (non-hydrogen) atoms. The molecule has 5 aromatic rings. The topological polar surface area (TPSA) is 128 Å². The second-order valence-corrected chi connectivity index (χ2v) is 11.4. The van der Waals surface area contributed by atoms with E-state index < -0.39 is 0 Å². The Kier molecular flexibility index (Phi) is 6.46. The van der Waals surface area contributed by atoms with Gasteiger partial charge in [0.05, 0.1) is 16.8 Å². The number of amides is 2. The number of benzene rings is 2. The molecule has 1 saturated heterocycles. The number of carbonyl (C=O) groups is 2. The fourth-order valence-electron chi connectivity index (χ4n) is 5.50. The average molecular weight is 553 g/mol. The predicted octanol–water partition coefficient (Wildman–Crippen LogP) is 4.18. The Morgan fingerprint density at radius 2 is 1.95 bits per heavy atom. The van der Waals surface area contributed by atoms with E-state index in [1.807, 2.05) is 30.3 Å². The molecule has 0 bridgehead atoms. The molecule has 10 nitrogen and oxygen atoms in total. The average Bonchev–Trinajstić information content (AvgIpc) is 3.72. The Labute approximate surface area is 234 Å². The molecule has 1 atom stereocenters. The van der Waals surface area contributed by atoms with Gasteiger partial charge in [-0.1, -0.05) is 30.3 Å². The van der Waals surface area contributed by atoms with Gasteiger partial charge in [-0.2, -0.15) is 0 Å². The van der Waals surface area contributed by atoms with Crippen molar-refractivity contribution >= 4 is 56.0 Å². The van der Waals surface area contributed by atoms with Gasteiger partial charge < -0.3 is 10.3 Å². The summed E-state index contributed by atoms with van der Waals surface area (Å²) in [6, 6.07) is 15.4. The lowest BCUT2D eigenvalue weighted by Crippen LogP contribution is -2.39. The lowest BCUT2D eigenvalue weighted by atomic mass is 10.1. The van der Waals surface area contributed by atoms with Crippen molar-refractivity contribution < 1.29 is 9.59 Å². The van der Waals surface area contributed by atoms with Crippen LogP contribution in [0.2, 0.25) is 0 Å². The number of aromatic amines is 1. The monoisotopic (exact) mass is 552 g/mol. The Bertz CT molecular complexity index is 1740. The number of nitrogens with one attached hydrogen (secondary N) is 4. The molecule has 0 saturated carbocycles. The van der Waals surface area contributed by atoms with Gasteiger partial charge in [0.2, 0.25) is 5.95 Å². The van der Waals surface area contributed by atoms with E-state index in [0.717, 1.165) is 49.1 Å². The van der Waals surface area contributed by atoms with Crippen LogP contribution >= 0.6 is 11.3 Å². The standard InChI is InChI=1S/C29H28N8O2S/c38-26(36-29-33-21-10-12-37(16-24(21)40-29)15-19-7-4-11-30-19)20-8-3-9-22-25(20)34-28(32-22)35-27(39)23-13-17-5-1-2-6-18(17)14-31-23/h1-3,5-6,8-9,13-14,19,30H,4,7,10-12,15-16H2,(H,33,36,38)(H2,32,34,35,39). The van der Waals surface area contributed by atoms with E-state index in [1.54, 1.807) is 35.7 Å². The van der Waals surface area contributed by atoms with Crippen LogP contribution in [0.5, 0.6) is 0 Å². The summed E-state index contributed by atoms with van der Waals surface area (Å²) in [5.41, 5.74) is 2.87. The number of pyridine rings is 1. The fourth-order valence-corrected chi connectivity index (χ4v) is 6.55. The normalized spacial score (nSPS) is 17.2. The molecule has 7 rings (SSSR count). The van der Waals surface area contributed by atoms with Crippen molar-refractivity contribution in [2.75, 3.05) is 30.3 Å². The molecule has 4 N–H and O–H groups in total. The first-order chi connectivity index (χ1) is 19.6. The number of aromatic nitrogens is 4. The number of thiazole rings is 1. The number of para-hydroxylation sites is 1. The van der Waals surface area contributed by atoms with E-state index in [9.17, 15) is 9.59 Å². The summed E-state index contributed by atoms with van der Waals surface area (Å²) in [5.74, 6) is -0.428. The number of rotatable bonds is 6. The zero-order valence-corrected chi connectivity index (χ0v) is 22.6. The number of carbonyl (C=O) groups excluding carboxylic acids is 2. The highest BCUT2D eigenvalue weighted by Gasteiger charge is 2.25. The van der Waals surface area contributed by atoms with Crippen LogP contribution in [-0.4, -0.2) is 62.3 Å². The van der Waals surface area contributed by atoms with Gasteiger partial charge in [-0.15, -0.1) is 11.3 Å². The first kappa shape index (κ1) is 24.8. The van der Waals surface area contributed by atoms with Gasteiger partial charge in [0.25, 0.3) is 11.8 Å². The molecule has 202 valence electrons. The largest absolute Gasteiger partial charge is 0.324 e. The van der Waals surface area contributed by atoms with E-state index in [0.29, 0.717) is 27.8 Å². The zero-order valence-electron chi connectivity index (χ0n) is 21.7. The molecule has 2 aromatic carbocycles. The minimum absolute atomic E-state index is 0.247. The van der Waals surface area contributed by atoms with Crippen LogP contribution in [0.15, 0.2) is 54.7 Å². The van der Waals surface area contributed by atoms with Gasteiger partial charge in [-0.25, -0.2) is 9.97 Å². The Balaban J connectivity index is 1.05. The number of nitrogens with zero attached hydrogens (tertiary/aromatic N) is 4. The van der Waals surface area contributed by atoms with Crippen LogP contribution in [0.1, 0.15) is 44.3 Å². The lowest BCUT2D eigenvalue weighted by Gasteiger charge is -2.28. The number of anilines is 2. The third kappa shape index (κ3) is 4.94. The number of hydrogen-bond acceptors (Lipinski definition) is 8. The van der Waals surface area contributed by atoms with Crippen LogP contribution in [-0.2, 0) is 13.0 Å². The molecular weight excluding hydrogens is 524 g/mol. The quantitative estimate of drug-likeness (QED) is 0.249. The maximum Gasteiger partial charge on any atom is 0.276 e. The molecule has 1 unspecified atom stereocenters. The molecule has 0 radical (unpaired) electrons. The zero-order chi connectivity index (χ0) is 27.1. The van der Waals surface area contributed by atoms with Gasteiger partial charge in [-0.05, 0) is 43.0 Å². The van der Waals surface area contributed by atoms with Crippen molar-refractivity contribution in [2.45, 2.75) is 31.8 Å². The van der Waals surface area contributed by atoms with Crippen molar-refractivity contribution in [3.63, 3.8) is 0 Å². The Morgan fingerprint density at radius 1 is 1.05 bits per heavy atom. The van der Waals surface area contributed by atoms with Crippen LogP contribution in [0.3, 0.4) is 0 Å².